The highest BCUT2D eigenvalue weighted by molar-refractivity contribution is 6.33. The Labute approximate surface area is 168 Å². The highest BCUT2D eigenvalue weighted by Gasteiger charge is 2.24. The normalized spacial score (nSPS) is 17.1. The standard InChI is InChI=1S/C20H22ClN5O2/c1-15-9-22-25(11-15)14-17-13-24(7-8-28-17)18-10-23-26(20(27)19(18)21)12-16-5-3-2-4-6-16/h2-6,9-11,17H,7-8,12-14H2,1H3. The summed E-state index contributed by atoms with van der Waals surface area (Å²) < 4.78 is 9.14. The molecule has 28 heavy (non-hydrogen) atoms. The molecule has 4 rings (SSSR count). The number of ether oxygens (including phenoxy) is 1. The highest BCUT2D eigenvalue weighted by atomic mass is 35.5. The average molecular weight is 400 g/mol. The van der Waals surface area contributed by atoms with Crippen LogP contribution >= 0.6 is 11.6 Å². The first-order valence-electron chi connectivity index (χ1n) is 9.25. The molecule has 0 radical (unpaired) electrons. The first-order chi connectivity index (χ1) is 13.6. The van der Waals surface area contributed by atoms with Gasteiger partial charge in [-0.2, -0.15) is 10.2 Å². The number of rotatable bonds is 5. The lowest BCUT2D eigenvalue weighted by Crippen LogP contribution is -2.45. The van der Waals surface area contributed by atoms with Crippen molar-refractivity contribution in [3.8, 4) is 0 Å². The Morgan fingerprint density at radius 2 is 2.04 bits per heavy atom. The van der Waals surface area contributed by atoms with Gasteiger partial charge in [0.2, 0.25) is 0 Å². The van der Waals surface area contributed by atoms with Crippen LogP contribution in [0.25, 0.3) is 0 Å². The summed E-state index contributed by atoms with van der Waals surface area (Å²) in [5, 5.41) is 8.85. The van der Waals surface area contributed by atoms with Crippen molar-refractivity contribution in [1.29, 1.82) is 0 Å². The van der Waals surface area contributed by atoms with E-state index >= 15 is 0 Å². The van der Waals surface area contributed by atoms with Gasteiger partial charge in [-0.1, -0.05) is 41.9 Å². The molecule has 1 unspecified atom stereocenters. The van der Waals surface area contributed by atoms with E-state index in [-0.39, 0.29) is 16.7 Å². The number of hydrogen-bond donors (Lipinski definition) is 0. The van der Waals surface area contributed by atoms with Gasteiger partial charge in [0.1, 0.15) is 5.02 Å². The predicted molar refractivity (Wildman–Crippen MR) is 108 cm³/mol. The van der Waals surface area contributed by atoms with E-state index in [1.807, 2.05) is 54.3 Å². The number of aromatic nitrogens is 4. The molecule has 1 atom stereocenters. The van der Waals surface area contributed by atoms with Gasteiger partial charge in [0.25, 0.3) is 5.56 Å². The Morgan fingerprint density at radius 1 is 1.21 bits per heavy atom. The first-order valence-corrected chi connectivity index (χ1v) is 9.63. The molecule has 0 bridgehead atoms. The van der Waals surface area contributed by atoms with Gasteiger partial charge in [0, 0.05) is 19.3 Å². The van der Waals surface area contributed by atoms with Crippen LogP contribution < -0.4 is 10.5 Å². The summed E-state index contributed by atoms with van der Waals surface area (Å²) >= 11 is 6.44. The Kier molecular flexibility index (Phi) is 5.45. The van der Waals surface area contributed by atoms with Crippen molar-refractivity contribution >= 4 is 17.3 Å². The predicted octanol–water partition coefficient (Wildman–Crippen LogP) is 2.36. The number of hydrogen-bond acceptors (Lipinski definition) is 5. The fourth-order valence-electron chi connectivity index (χ4n) is 3.37. The molecule has 3 heterocycles. The zero-order valence-electron chi connectivity index (χ0n) is 15.7. The van der Waals surface area contributed by atoms with E-state index < -0.39 is 0 Å². The summed E-state index contributed by atoms with van der Waals surface area (Å²) in [5.74, 6) is 0. The van der Waals surface area contributed by atoms with Gasteiger partial charge in [0.05, 0.1) is 43.9 Å². The molecule has 1 aliphatic rings. The zero-order chi connectivity index (χ0) is 19.5. The van der Waals surface area contributed by atoms with Crippen molar-refractivity contribution in [2.75, 3.05) is 24.6 Å². The minimum atomic E-state index is -0.284. The first kappa shape index (κ1) is 18.7. The van der Waals surface area contributed by atoms with Crippen LogP contribution in [0.1, 0.15) is 11.1 Å². The van der Waals surface area contributed by atoms with E-state index in [2.05, 4.69) is 15.1 Å². The molecule has 0 spiro atoms. The van der Waals surface area contributed by atoms with Crippen LogP contribution in [-0.2, 0) is 17.8 Å². The molecule has 1 aromatic carbocycles. The van der Waals surface area contributed by atoms with Crippen LogP contribution in [-0.4, -0.2) is 45.4 Å². The summed E-state index contributed by atoms with van der Waals surface area (Å²) in [7, 11) is 0. The van der Waals surface area contributed by atoms with E-state index in [9.17, 15) is 4.79 Å². The SMILES string of the molecule is Cc1cnn(CC2CN(c3cnn(Cc4ccccc4)c(=O)c3Cl)CCO2)c1. The van der Waals surface area contributed by atoms with Gasteiger partial charge in [-0.15, -0.1) is 0 Å². The summed E-state index contributed by atoms with van der Waals surface area (Å²) in [6.45, 7) is 4.91. The van der Waals surface area contributed by atoms with Gasteiger partial charge >= 0.3 is 0 Å². The summed E-state index contributed by atoms with van der Waals surface area (Å²) in [5.41, 5.74) is 2.48. The maximum Gasteiger partial charge on any atom is 0.287 e. The maximum atomic E-state index is 12.7. The Morgan fingerprint density at radius 3 is 2.79 bits per heavy atom. The summed E-state index contributed by atoms with van der Waals surface area (Å²) in [4.78, 5) is 14.8. The smallest absolute Gasteiger partial charge is 0.287 e. The number of aryl methyl sites for hydroxylation is 1. The minimum absolute atomic E-state index is 0.0316. The van der Waals surface area contributed by atoms with Crippen LogP contribution in [0.4, 0.5) is 5.69 Å². The van der Waals surface area contributed by atoms with Crippen molar-refractivity contribution in [3.63, 3.8) is 0 Å². The van der Waals surface area contributed by atoms with Crippen LogP contribution in [0.5, 0.6) is 0 Å². The molecule has 0 N–H and O–H groups in total. The second-order valence-corrected chi connectivity index (χ2v) is 7.35. The largest absolute Gasteiger partial charge is 0.373 e. The van der Waals surface area contributed by atoms with Crippen molar-refractivity contribution in [3.05, 3.63) is 75.4 Å². The molecule has 7 nitrogen and oxygen atoms in total. The van der Waals surface area contributed by atoms with Gasteiger partial charge in [-0.05, 0) is 18.1 Å². The molecule has 0 aliphatic carbocycles. The Bertz CT molecular complexity index is 1000. The molecule has 2 aromatic heterocycles. The average Bonchev–Trinajstić information content (AvgIpc) is 3.11. The number of halogens is 1. The number of morpholine rings is 1. The second-order valence-electron chi connectivity index (χ2n) is 6.97. The molecule has 8 heteroatoms. The van der Waals surface area contributed by atoms with Crippen molar-refractivity contribution in [2.24, 2.45) is 0 Å². The molecule has 1 fully saturated rings. The molecule has 1 saturated heterocycles. The molecule has 0 saturated carbocycles. The molecule has 146 valence electrons. The summed E-state index contributed by atoms with van der Waals surface area (Å²) in [6.07, 6.45) is 5.46. The Balaban J connectivity index is 1.50. The van der Waals surface area contributed by atoms with Gasteiger partial charge < -0.3 is 9.64 Å². The summed E-state index contributed by atoms with van der Waals surface area (Å²) in [6, 6.07) is 9.73. The van der Waals surface area contributed by atoms with Gasteiger partial charge in [-0.25, -0.2) is 4.68 Å². The monoisotopic (exact) mass is 399 g/mol. The van der Waals surface area contributed by atoms with Crippen LogP contribution in [0.15, 0.2) is 53.7 Å². The van der Waals surface area contributed by atoms with Gasteiger partial charge in [0.15, 0.2) is 0 Å². The lowest BCUT2D eigenvalue weighted by Gasteiger charge is -2.34. The van der Waals surface area contributed by atoms with E-state index in [0.29, 0.717) is 38.5 Å². The number of nitrogens with zero attached hydrogens (tertiary/aromatic N) is 5. The molecular weight excluding hydrogens is 378 g/mol. The molecule has 0 amide bonds. The van der Waals surface area contributed by atoms with Crippen molar-refractivity contribution < 1.29 is 4.74 Å². The van der Waals surface area contributed by atoms with Crippen LogP contribution in [0, 0.1) is 6.92 Å². The topological polar surface area (TPSA) is 65.2 Å². The van der Waals surface area contributed by atoms with Crippen molar-refractivity contribution in [1.82, 2.24) is 19.6 Å². The third-order valence-corrected chi connectivity index (χ3v) is 5.13. The fourth-order valence-corrected chi connectivity index (χ4v) is 3.64. The lowest BCUT2D eigenvalue weighted by atomic mass is 10.2. The third-order valence-electron chi connectivity index (χ3n) is 4.77. The van der Waals surface area contributed by atoms with E-state index in [0.717, 1.165) is 11.1 Å². The van der Waals surface area contributed by atoms with Gasteiger partial charge in [-0.3, -0.25) is 9.48 Å². The van der Waals surface area contributed by atoms with Crippen molar-refractivity contribution in [2.45, 2.75) is 26.1 Å². The number of anilines is 1. The van der Waals surface area contributed by atoms with E-state index in [4.69, 9.17) is 16.3 Å². The molecule has 1 aliphatic heterocycles. The van der Waals surface area contributed by atoms with Crippen LogP contribution in [0.2, 0.25) is 5.02 Å². The Hall–Kier alpha value is -2.64. The fraction of sp³-hybridized carbons (Fsp3) is 0.350. The third kappa shape index (κ3) is 4.10. The quantitative estimate of drug-likeness (QED) is 0.659. The number of benzene rings is 1. The minimum Gasteiger partial charge on any atom is -0.373 e. The van der Waals surface area contributed by atoms with Crippen LogP contribution in [0.3, 0.4) is 0 Å². The molecular formula is C20H22ClN5O2. The lowest BCUT2D eigenvalue weighted by molar-refractivity contribution is 0.0274. The zero-order valence-corrected chi connectivity index (χ0v) is 16.4. The van der Waals surface area contributed by atoms with E-state index in [1.54, 1.807) is 6.20 Å². The second kappa shape index (κ2) is 8.16. The maximum absolute atomic E-state index is 12.7. The molecule has 3 aromatic rings. The highest BCUT2D eigenvalue weighted by Crippen LogP contribution is 2.23. The van der Waals surface area contributed by atoms with E-state index in [1.165, 1.54) is 4.68 Å².